The van der Waals surface area contributed by atoms with Crippen molar-refractivity contribution >= 4 is 21.9 Å². The molecule has 0 amide bonds. The second-order valence-electron chi connectivity index (χ2n) is 6.41. The maximum atomic E-state index is 13.1. The first-order valence-corrected chi connectivity index (χ1v) is 8.26. The molecule has 134 valence electrons. The van der Waals surface area contributed by atoms with Crippen molar-refractivity contribution in [1.82, 2.24) is 0 Å². The molecule has 26 heavy (non-hydrogen) atoms. The molecule has 3 atom stereocenters. The second-order valence-corrected chi connectivity index (χ2v) is 6.41. The molecule has 2 aliphatic heterocycles. The van der Waals surface area contributed by atoms with Crippen LogP contribution in [0.5, 0.6) is 17.2 Å². The van der Waals surface area contributed by atoms with E-state index in [2.05, 4.69) is 0 Å². The number of benzene rings is 2. The largest absolute Gasteiger partial charge is 0.507 e. The Labute approximate surface area is 147 Å². The highest BCUT2D eigenvalue weighted by molar-refractivity contribution is 5.98. The van der Waals surface area contributed by atoms with Crippen LogP contribution in [0.4, 0.5) is 0 Å². The van der Waals surface area contributed by atoms with Crippen LogP contribution in [-0.2, 0) is 9.47 Å². The lowest BCUT2D eigenvalue weighted by Crippen LogP contribution is -2.20. The van der Waals surface area contributed by atoms with Crippen molar-refractivity contribution in [2.24, 2.45) is 0 Å². The van der Waals surface area contributed by atoms with E-state index in [9.17, 15) is 9.90 Å². The molecular weight excluding hydrogens is 340 g/mol. The van der Waals surface area contributed by atoms with Gasteiger partial charge in [0.1, 0.15) is 39.2 Å². The van der Waals surface area contributed by atoms with Gasteiger partial charge in [-0.1, -0.05) is 6.07 Å². The zero-order chi connectivity index (χ0) is 18.0. The van der Waals surface area contributed by atoms with Crippen LogP contribution in [0.15, 0.2) is 33.5 Å². The summed E-state index contributed by atoms with van der Waals surface area (Å²) in [7, 11) is 3.04. The summed E-state index contributed by atoms with van der Waals surface area (Å²) in [5.41, 5.74) is 1.05. The van der Waals surface area contributed by atoms with Gasteiger partial charge in [0.15, 0.2) is 6.29 Å². The monoisotopic (exact) mass is 356 g/mol. The molecule has 1 aromatic heterocycles. The maximum absolute atomic E-state index is 13.1. The highest BCUT2D eigenvalue weighted by atomic mass is 16.8. The number of fused-ring (bicyclic) bond motifs is 7. The third-order valence-corrected chi connectivity index (χ3v) is 5.06. The van der Waals surface area contributed by atoms with E-state index in [0.29, 0.717) is 29.1 Å². The Kier molecular flexibility index (Phi) is 3.19. The summed E-state index contributed by atoms with van der Waals surface area (Å²) in [6.45, 7) is 0. The first kappa shape index (κ1) is 15.5. The lowest BCUT2D eigenvalue weighted by Gasteiger charge is -2.24. The van der Waals surface area contributed by atoms with Gasteiger partial charge in [-0.3, -0.25) is 4.79 Å². The van der Waals surface area contributed by atoms with Crippen molar-refractivity contribution in [3.63, 3.8) is 0 Å². The number of methoxy groups -OCH3 is 2. The van der Waals surface area contributed by atoms with Gasteiger partial charge < -0.3 is 28.5 Å². The molecule has 1 saturated heterocycles. The van der Waals surface area contributed by atoms with Gasteiger partial charge in [-0.25, -0.2) is 0 Å². The Hall–Kier alpha value is -2.77. The van der Waals surface area contributed by atoms with E-state index < -0.39 is 12.6 Å². The summed E-state index contributed by atoms with van der Waals surface area (Å²) in [5.74, 6) is 0.624. The van der Waals surface area contributed by atoms with Crippen LogP contribution in [0.3, 0.4) is 0 Å². The Morgan fingerprint density at radius 3 is 2.85 bits per heavy atom. The van der Waals surface area contributed by atoms with Crippen LogP contribution >= 0.6 is 0 Å². The van der Waals surface area contributed by atoms with Crippen LogP contribution < -0.4 is 14.9 Å². The molecule has 0 spiro atoms. The minimum Gasteiger partial charge on any atom is -0.507 e. The van der Waals surface area contributed by atoms with Gasteiger partial charge in [-0.15, -0.1) is 0 Å². The number of phenolic OH excluding ortho intramolecular Hbond substituents is 1. The van der Waals surface area contributed by atoms with E-state index in [0.717, 1.165) is 5.56 Å². The van der Waals surface area contributed by atoms with E-state index in [4.69, 9.17) is 23.4 Å². The van der Waals surface area contributed by atoms with Gasteiger partial charge >= 0.3 is 0 Å². The Bertz CT molecular complexity index is 1100. The topological polar surface area (TPSA) is 87.4 Å². The van der Waals surface area contributed by atoms with Crippen LogP contribution in [0, 0.1) is 0 Å². The van der Waals surface area contributed by atoms with E-state index >= 15 is 0 Å². The first-order valence-electron chi connectivity index (χ1n) is 8.26. The molecule has 0 saturated carbocycles. The van der Waals surface area contributed by atoms with E-state index in [-0.39, 0.29) is 27.9 Å². The molecule has 2 aliphatic rings. The van der Waals surface area contributed by atoms with Crippen molar-refractivity contribution in [3.05, 3.63) is 40.1 Å². The van der Waals surface area contributed by atoms with Gasteiger partial charge in [0.05, 0.1) is 7.11 Å². The summed E-state index contributed by atoms with van der Waals surface area (Å²) >= 11 is 0. The molecule has 0 radical (unpaired) electrons. The highest BCUT2D eigenvalue weighted by Gasteiger charge is 2.45. The SMILES string of the molecule is COc1cc2c(c3oc4cccc(O)c4c(=O)c13)[C@H]1C[C@@H](O2)O[C@H]1OC. The number of ether oxygens (including phenoxy) is 4. The van der Waals surface area contributed by atoms with Crippen molar-refractivity contribution in [3.8, 4) is 17.2 Å². The Balaban J connectivity index is 1.94. The Morgan fingerprint density at radius 1 is 1.23 bits per heavy atom. The van der Waals surface area contributed by atoms with Crippen LogP contribution in [0.25, 0.3) is 21.9 Å². The normalized spacial score (nSPS) is 23.8. The smallest absolute Gasteiger partial charge is 0.208 e. The van der Waals surface area contributed by atoms with E-state index in [1.54, 1.807) is 25.3 Å². The second kappa shape index (κ2) is 5.36. The van der Waals surface area contributed by atoms with Crippen LogP contribution in [-0.4, -0.2) is 31.9 Å². The highest BCUT2D eigenvalue weighted by Crippen LogP contribution is 2.50. The fourth-order valence-corrected chi connectivity index (χ4v) is 3.94. The third kappa shape index (κ3) is 1.92. The third-order valence-electron chi connectivity index (χ3n) is 5.06. The molecule has 5 rings (SSSR count). The quantitative estimate of drug-likeness (QED) is 0.707. The van der Waals surface area contributed by atoms with Crippen LogP contribution in [0.2, 0.25) is 0 Å². The van der Waals surface area contributed by atoms with Crippen molar-refractivity contribution in [1.29, 1.82) is 0 Å². The van der Waals surface area contributed by atoms with Gasteiger partial charge in [0.25, 0.3) is 0 Å². The molecule has 0 unspecified atom stereocenters. The van der Waals surface area contributed by atoms with Gasteiger partial charge in [0.2, 0.25) is 11.7 Å². The molecule has 2 aromatic carbocycles. The lowest BCUT2D eigenvalue weighted by molar-refractivity contribution is -0.162. The number of phenols is 1. The Morgan fingerprint density at radius 2 is 2.08 bits per heavy atom. The number of rotatable bonds is 2. The molecule has 2 bridgehead atoms. The molecule has 0 aliphatic carbocycles. The number of aromatic hydroxyl groups is 1. The van der Waals surface area contributed by atoms with Crippen molar-refractivity contribution in [2.45, 2.75) is 24.9 Å². The van der Waals surface area contributed by atoms with E-state index in [1.807, 2.05) is 0 Å². The summed E-state index contributed by atoms with van der Waals surface area (Å²) in [6, 6.07) is 6.39. The lowest BCUT2D eigenvalue weighted by atomic mass is 9.91. The van der Waals surface area contributed by atoms with E-state index in [1.165, 1.54) is 13.2 Å². The molecule has 1 fully saturated rings. The molecule has 1 N–H and O–H groups in total. The molecule has 7 nitrogen and oxygen atoms in total. The van der Waals surface area contributed by atoms with Gasteiger partial charge in [-0.05, 0) is 12.1 Å². The number of hydrogen-bond acceptors (Lipinski definition) is 7. The zero-order valence-electron chi connectivity index (χ0n) is 14.1. The van der Waals surface area contributed by atoms with Crippen molar-refractivity contribution in [2.75, 3.05) is 14.2 Å². The zero-order valence-corrected chi connectivity index (χ0v) is 14.1. The first-order chi connectivity index (χ1) is 12.6. The predicted molar refractivity (Wildman–Crippen MR) is 91.9 cm³/mol. The maximum Gasteiger partial charge on any atom is 0.208 e. The molecular formula is C19H16O7. The summed E-state index contributed by atoms with van der Waals surface area (Å²) < 4.78 is 28.5. The molecule has 3 aromatic rings. The standard InChI is InChI=1S/C19H16O7/c1-22-11-7-12-14(8-6-13(24-12)26-19(8)23-2)18-16(11)17(21)15-9(20)4-3-5-10(15)25-18/h3-5,7-8,13,19-20H,6H2,1-2H3/t8-,13+,19-/m1/s1. The average Bonchev–Trinajstić information content (AvgIpc) is 2.96. The summed E-state index contributed by atoms with van der Waals surface area (Å²) in [5, 5.41) is 10.5. The molecule has 7 heteroatoms. The summed E-state index contributed by atoms with van der Waals surface area (Å²) in [6.07, 6.45) is -0.284. The van der Waals surface area contributed by atoms with Crippen LogP contribution in [0.1, 0.15) is 17.9 Å². The fraction of sp³-hybridized carbons (Fsp3) is 0.316. The van der Waals surface area contributed by atoms with Crippen molar-refractivity contribution < 1.29 is 28.5 Å². The minimum absolute atomic E-state index is 0.124. The summed E-state index contributed by atoms with van der Waals surface area (Å²) in [4.78, 5) is 13.1. The minimum atomic E-state index is -0.483. The fourth-order valence-electron chi connectivity index (χ4n) is 3.94. The number of hydrogen-bond donors (Lipinski definition) is 1. The van der Waals surface area contributed by atoms with Gasteiger partial charge in [0, 0.05) is 31.1 Å². The predicted octanol–water partition coefficient (Wildman–Crippen LogP) is 2.86. The van der Waals surface area contributed by atoms with Gasteiger partial charge in [-0.2, -0.15) is 0 Å². The average molecular weight is 356 g/mol. The molecule has 3 heterocycles.